The van der Waals surface area contributed by atoms with Crippen molar-refractivity contribution in [2.45, 2.75) is 26.4 Å². The van der Waals surface area contributed by atoms with Gasteiger partial charge in [-0.1, -0.05) is 29.8 Å². The summed E-state index contributed by atoms with van der Waals surface area (Å²) in [5, 5.41) is 15.6. The molecule has 27 heavy (non-hydrogen) atoms. The van der Waals surface area contributed by atoms with Gasteiger partial charge in [0.25, 0.3) is 0 Å². The SMILES string of the molecule is Cc1c([N+](=O)[O-])cnn1CCC(=O)N1CCN(Cc2ccccc2Cl)CC1. The third kappa shape index (κ3) is 4.64. The zero-order valence-electron chi connectivity index (χ0n) is 15.2. The highest BCUT2D eigenvalue weighted by Gasteiger charge is 2.22. The average molecular weight is 392 g/mol. The summed E-state index contributed by atoms with van der Waals surface area (Å²) in [4.78, 5) is 27.0. The van der Waals surface area contributed by atoms with Crippen LogP contribution in [0.25, 0.3) is 0 Å². The first-order valence-electron chi connectivity index (χ1n) is 8.86. The number of aryl methyl sites for hydroxylation is 1. The van der Waals surface area contributed by atoms with Crippen molar-refractivity contribution in [3.8, 4) is 0 Å². The van der Waals surface area contributed by atoms with Crippen molar-refractivity contribution < 1.29 is 9.72 Å². The molecule has 0 unspecified atom stereocenters. The summed E-state index contributed by atoms with van der Waals surface area (Å²) in [7, 11) is 0. The Balaban J connectivity index is 1.47. The third-order valence-corrected chi connectivity index (χ3v) is 5.26. The summed E-state index contributed by atoms with van der Waals surface area (Å²) < 4.78 is 1.52. The molecule has 9 heteroatoms. The monoisotopic (exact) mass is 391 g/mol. The number of piperazine rings is 1. The van der Waals surface area contributed by atoms with E-state index in [1.165, 1.54) is 10.9 Å². The maximum atomic E-state index is 12.5. The molecule has 1 aliphatic rings. The first-order chi connectivity index (χ1) is 13.0. The van der Waals surface area contributed by atoms with Gasteiger partial charge in [0.2, 0.25) is 5.91 Å². The molecular formula is C18H22ClN5O3. The number of halogens is 1. The maximum absolute atomic E-state index is 12.5. The first kappa shape index (κ1) is 19.3. The Morgan fingerprint density at radius 1 is 1.26 bits per heavy atom. The van der Waals surface area contributed by atoms with Crippen LogP contribution >= 0.6 is 11.6 Å². The number of carbonyl (C=O) groups excluding carboxylic acids is 1. The number of carbonyl (C=O) groups is 1. The normalized spacial score (nSPS) is 15.1. The van der Waals surface area contributed by atoms with E-state index in [-0.39, 0.29) is 18.0 Å². The Bertz CT molecular complexity index is 830. The van der Waals surface area contributed by atoms with Gasteiger partial charge in [-0.15, -0.1) is 0 Å². The van der Waals surface area contributed by atoms with Crippen LogP contribution < -0.4 is 0 Å². The fourth-order valence-corrected chi connectivity index (χ4v) is 3.42. The summed E-state index contributed by atoms with van der Waals surface area (Å²) >= 11 is 6.21. The van der Waals surface area contributed by atoms with Gasteiger partial charge in [-0.2, -0.15) is 5.10 Å². The van der Waals surface area contributed by atoms with Gasteiger partial charge < -0.3 is 4.90 Å². The molecule has 1 fully saturated rings. The third-order valence-electron chi connectivity index (χ3n) is 4.89. The van der Waals surface area contributed by atoms with Crippen molar-refractivity contribution >= 4 is 23.2 Å². The van der Waals surface area contributed by atoms with E-state index in [1.54, 1.807) is 6.92 Å². The Kier molecular flexibility index (Phi) is 6.08. The molecule has 1 aromatic heterocycles. The number of hydrogen-bond acceptors (Lipinski definition) is 5. The number of nitro groups is 1. The Morgan fingerprint density at radius 2 is 1.96 bits per heavy atom. The molecule has 0 aliphatic carbocycles. The minimum Gasteiger partial charge on any atom is -0.340 e. The molecule has 1 aliphatic heterocycles. The Labute approximate surface area is 162 Å². The first-order valence-corrected chi connectivity index (χ1v) is 9.24. The largest absolute Gasteiger partial charge is 0.340 e. The second-order valence-electron chi connectivity index (χ2n) is 6.59. The van der Waals surface area contributed by atoms with E-state index in [9.17, 15) is 14.9 Å². The van der Waals surface area contributed by atoms with Crippen molar-refractivity contribution in [3.63, 3.8) is 0 Å². The molecule has 144 valence electrons. The molecule has 0 N–H and O–H groups in total. The van der Waals surface area contributed by atoms with Crippen LogP contribution in [0.5, 0.6) is 0 Å². The topological polar surface area (TPSA) is 84.5 Å². The number of aromatic nitrogens is 2. The van der Waals surface area contributed by atoms with Gasteiger partial charge in [-0.05, 0) is 18.6 Å². The molecule has 2 heterocycles. The van der Waals surface area contributed by atoms with Gasteiger partial charge >= 0.3 is 5.69 Å². The van der Waals surface area contributed by atoms with Crippen LogP contribution in [-0.4, -0.2) is 56.6 Å². The molecule has 0 atom stereocenters. The summed E-state index contributed by atoms with van der Waals surface area (Å²) in [5.74, 6) is 0.0462. The van der Waals surface area contributed by atoms with Crippen LogP contribution in [0, 0.1) is 17.0 Å². The highest BCUT2D eigenvalue weighted by Crippen LogP contribution is 2.19. The fourth-order valence-electron chi connectivity index (χ4n) is 3.22. The zero-order chi connectivity index (χ0) is 19.4. The molecule has 8 nitrogen and oxygen atoms in total. The van der Waals surface area contributed by atoms with Gasteiger partial charge in [-0.3, -0.25) is 24.5 Å². The van der Waals surface area contributed by atoms with Crippen molar-refractivity contribution in [2.75, 3.05) is 26.2 Å². The molecule has 1 saturated heterocycles. The Morgan fingerprint density at radius 3 is 2.59 bits per heavy atom. The predicted octanol–water partition coefficient (Wildman–Crippen LogP) is 2.49. The number of nitrogens with zero attached hydrogens (tertiary/aromatic N) is 5. The quantitative estimate of drug-likeness (QED) is 0.558. The van der Waals surface area contributed by atoms with Crippen LogP contribution in [0.15, 0.2) is 30.5 Å². The van der Waals surface area contributed by atoms with E-state index in [1.807, 2.05) is 29.2 Å². The van der Waals surface area contributed by atoms with Crippen LogP contribution in [0.1, 0.15) is 17.7 Å². The summed E-state index contributed by atoms with van der Waals surface area (Å²) in [6.07, 6.45) is 1.51. The molecule has 1 aromatic carbocycles. The second-order valence-corrected chi connectivity index (χ2v) is 7.00. The van der Waals surface area contributed by atoms with Crippen LogP contribution in [0.4, 0.5) is 5.69 Å². The van der Waals surface area contributed by atoms with Crippen molar-refractivity contribution in [1.82, 2.24) is 19.6 Å². The van der Waals surface area contributed by atoms with Crippen molar-refractivity contribution in [1.29, 1.82) is 0 Å². The van der Waals surface area contributed by atoms with Crippen molar-refractivity contribution in [2.24, 2.45) is 0 Å². The van der Waals surface area contributed by atoms with Gasteiger partial charge in [0, 0.05) is 44.2 Å². The lowest BCUT2D eigenvalue weighted by atomic mass is 10.2. The van der Waals surface area contributed by atoms with E-state index >= 15 is 0 Å². The number of rotatable bonds is 6. The van der Waals surface area contributed by atoms with E-state index in [0.717, 1.165) is 30.2 Å². The molecule has 1 amide bonds. The average Bonchev–Trinajstić information content (AvgIpc) is 3.03. The van der Waals surface area contributed by atoms with Gasteiger partial charge in [0.05, 0.1) is 11.5 Å². The lowest BCUT2D eigenvalue weighted by Crippen LogP contribution is -2.48. The molecule has 0 saturated carbocycles. The fraction of sp³-hybridized carbons (Fsp3) is 0.444. The molecule has 0 radical (unpaired) electrons. The summed E-state index contributed by atoms with van der Waals surface area (Å²) in [6, 6.07) is 7.80. The van der Waals surface area contributed by atoms with E-state index in [0.29, 0.717) is 25.3 Å². The summed E-state index contributed by atoms with van der Waals surface area (Å²) in [6.45, 7) is 5.69. The van der Waals surface area contributed by atoms with Crippen molar-refractivity contribution in [3.05, 3.63) is 56.9 Å². The van der Waals surface area contributed by atoms with E-state index < -0.39 is 4.92 Å². The smallest absolute Gasteiger partial charge is 0.309 e. The molecular weight excluding hydrogens is 370 g/mol. The van der Waals surface area contributed by atoms with Crippen LogP contribution in [0.2, 0.25) is 5.02 Å². The number of hydrogen-bond donors (Lipinski definition) is 0. The maximum Gasteiger partial charge on any atom is 0.309 e. The predicted molar refractivity (Wildman–Crippen MR) is 102 cm³/mol. The lowest BCUT2D eigenvalue weighted by molar-refractivity contribution is -0.385. The molecule has 2 aromatic rings. The van der Waals surface area contributed by atoms with Gasteiger partial charge in [0.1, 0.15) is 11.9 Å². The summed E-state index contributed by atoms with van der Waals surface area (Å²) in [5.41, 5.74) is 1.54. The van der Waals surface area contributed by atoms with E-state index in [4.69, 9.17) is 11.6 Å². The molecule has 0 bridgehead atoms. The van der Waals surface area contributed by atoms with Crippen LogP contribution in [0.3, 0.4) is 0 Å². The minimum absolute atomic E-state index is 0.0179. The molecule has 0 spiro atoms. The van der Waals surface area contributed by atoms with Crippen LogP contribution in [-0.2, 0) is 17.9 Å². The Hall–Kier alpha value is -2.45. The highest BCUT2D eigenvalue weighted by molar-refractivity contribution is 6.31. The lowest BCUT2D eigenvalue weighted by Gasteiger charge is -2.35. The highest BCUT2D eigenvalue weighted by atomic mass is 35.5. The number of benzene rings is 1. The zero-order valence-corrected chi connectivity index (χ0v) is 15.9. The van der Waals surface area contributed by atoms with Gasteiger partial charge in [0.15, 0.2) is 0 Å². The van der Waals surface area contributed by atoms with E-state index in [2.05, 4.69) is 10.00 Å². The van der Waals surface area contributed by atoms with Gasteiger partial charge in [-0.25, -0.2) is 0 Å². The standard InChI is InChI=1S/C18H22ClN5O3/c1-14-17(24(26)27)12-20-23(14)7-6-18(25)22-10-8-21(9-11-22)13-15-4-2-3-5-16(15)19/h2-5,12H,6-11,13H2,1H3. The second kappa shape index (κ2) is 8.49. The minimum atomic E-state index is -0.459. The molecule has 3 rings (SSSR count). The number of amides is 1.